The molecule has 3 rings (SSSR count). The number of benzene rings is 2. The molecule has 0 spiro atoms. The van der Waals surface area contributed by atoms with Gasteiger partial charge in [0.1, 0.15) is 0 Å². The first-order chi connectivity index (χ1) is 10.6. The van der Waals surface area contributed by atoms with Crippen molar-refractivity contribution in [2.75, 3.05) is 24.6 Å². The molecule has 0 unspecified atom stereocenters. The van der Waals surface area contributed by atoms with Crippen molar-refractivity contribution in [2.45, 2.75) is 32.2 Å². The van der Waals surface area contributed by atoms with Crippen LogP contribution in [-0.2, 0) is 6.54 Å². The van der Waals surface area contributed by atoms with Gasteiger partial charge < -0.3 is 11.5 Å². The minimum Gasteiger partial charge on any atom is -0.399 e. The lowest BCUT2D eigenvalue weighted by molar-refractivity contribution is 0.204. The highest BCUT2D eigenvalue weighted by atomic mass is 15.1. The highest BCUT2D eigenvalue weighted by Gasteiger charge is 2.20. The maximum atomic E-state index is 6.01. The fourth-order valence-electron chi connectivity index (χ4n) is 3.24. The predicted octanol–water partition coefficient (Wildman–Crippen LogP) is 3.54. The Morgan fingerprint density at radius 1 is 1.00 bits per heavy atom. The second-order valence-corrected chi connectivity index (χ2v) is 6.41. The van der Waals surface area contributed by atoms with E-state index in [0.717, 1.165) is 36.6 Å². The second-order valence-electron chi connectivity index (χ2n) is 6.41. The Morgan fingerprint density at radius 2 is 1.68 bits per heavy atom. The number of anilines is 2. The summed E-state index contributed by atoms with van der Waals surface area (Å²) in [5.41, 5.74) is 17.4. The van der Waals surface area contributed by atoms with Crippen LogP contribution >= 0.6 is 0 Å². The number of aryl methyl sites for hydroxylation is 1. The van der Waals surface area contributed by atoms with Crippen LogP contribution in [0.1, 0.15) is 35.4 Å². The summed E-state index contributed by atoms with van der Waals surface area (Å²) in [6, 6.07) is 14.8. The van der Waals surface area contributed by atoms with Crippen molar-refractivity contribution in [2.24, 2.45) is 0 Å². The fourth-order valence-corrected chi connectivity index (χ4v) is 3.24. The van der Waals surface area contributed by atoms with E-state index < -0.39 is 0 Å². The average Bonchev–Trinajstić information content (AvgIpc) is 2.53. The van der Waals surface area contributed by atoms with Gasteiger partial charge in [0.15, 0.2) is 0 Å². The van der Waals surface area contributed by atoms with E-state index in [1.165, 1.54) is 24.0 Å². The Balaban J connectivity index is 1.57. The zero-order valence-electron chi connectivity index (χ0n) is 13.3. The molecule has 116 valence electrons. The number of nitrogens with two attached hydrogens (primary N) is 2. The summed E-state index contributed by atoms with van der Waals surface area (Å²) in [6.07, 6.45) is 2.43. The molecule has 0 bridgehead atoms. The molecule has 1 heterocycles. The molecular formula is C19H25N3. The SMILES string of the molecule is Cc1ccc(CN2CCC(c3ccc(N)cc3)CC2)cc1N. The zero-order chi connectivity index (χ0) is 15.5. The van der Waals surface area contributed by atoms with E-state index in [-0.39, 0.29) is 0 Å². The van der Waals surface area contributed by atoms with Crippen molar-refractivity contribution in [1.29, 1.82) is 0 Å². The van der Waals surface area contributed by atoms with Crippen LogP contribution in [0.4, 0.5) is 11.4 Å². The minimum absolute atomic E-state index is 0.667. The van der Waals surface area contributed by atoms with Gasteiger partial charge in [-0.2, -0.15) is 0 Å². The first-order valence-corrected chi connectivity index (χ1v) is 8.04. The molecule has 1 fully saturated rings. The Labute approximate surface area is 132 Å². The molecule has 1 aliphatic heterocycles. The standard InChI is InChI=1S/C19H25N3/c1-14-2-3-15(12-19(14)21)13-22-10-8-17(9-11-22)16-4-6-18(20)7-5-16/h2-7,12,17H,8-11,13,20-21H2,1H3. The normalized spacial score (nSPS) is 16.8. The second kappa shape index (κ2) is 6.41. The number of piperidine rings is 1. The molecule has 0 aliphatic carbocycles. The van der Waals surface area contributed by atoms with E-state index in [9.17, 15) is 0 Å². The van der Waals surface area contributed by atoms with E-state index in [4.69, 9.17) is 11.5 Å². The molecule has 0 saturated carbocycles. The van der Waals surface area contributed by atoms with E-state index in [2.05, 4.69) is 42.2 Å². The summed E-state index contributed by atoms with van der Waals surface area (Å²) in [6.45, 7) is 5.34. The third-order valence-electron chi connectivity index (χ3n) is 4.75. The Kier molecular flexibility index (Phi) is 4.34. The maximum Gasteiger partial charge on any atom is 0.0346 e. The minimum atomic E-state index is 0.667. The molecule has 0 atom stereocenters. The van der Waals surface area contributed by atoms with Gasteiger partial charge in [-0.3, -0.25) is 4.90 Å². The Hall–Kier alpha value is -2.00. The van der Waals surface area contributed by atoms with Gasteiger partial charge in [-0.1, -0.05) is 24.3 Å². The smallest absolute Gasteiger partial charge is 0.0346 e. The van der Waals surface area contributed by atoms with Crippen molar-refractivity contribution >= 4 is 11.4 Å². The van der Waals surface area contributed by atoms with Crippen LogP contribution in [0.5, 0.6) is 0 Å². The summed E-state index contributed by atoms with van der Waals surface area (Å²) in [7, 11) is 0. The lowest BCUT2D eigenvalue weighted by atomic mass is 9.89. The van der Waals surface area contributed by atoms with Gasteiger partial charge in [0.05, 0.1) is 0 Å². The van der Waals surface area contributed by atoms with Gasteiger partial charge in [0.2, 0.25) is 0 Å². The topological polar surface area (TPSA) is 55.3 Å². The molecular weight excluding hydrogens is 270 g/mol. The number of hydrogen-bond donors (Lipinski definition) is 2. The molecule has 22 heavy (non-hydrogen) atoms. The van der Waals surface area contributed by atoms with Crippen LogP contribution in [0.3, 0.4) is 0 Å². The average molecular weight is 295 g/mol. The number of nitrogen functional groups attached to an aromatic ring is 2. The van der Waals surface area contributed by atoms with E-state index in [0.29, 0.717) is 5.92 Å². The summed E-state index contributed by atoms with van der Waals surface area (Å²) >= 11 is 0. The quantitative estimate of drug-likeness (QED) is 0.852. The Bertz CT molecular complexity index is 626. The summed E-state index contributed by atoms with van der Waals surface area (Å²) < 4.78 is 0. The van der Waals surface area contributed by atoms with Crippen LogP contribution < -0.4 is 11.5 Å². The third-order valence-corrected chi connectivity index (χ3v) is 4.75. The highest BCUT2D eigenvalue weighted by molar-refractivity contribution is 5.48. The third kappa shape index (κ3) is 3.42. The van der Waals surface area contributed by atoms with Crippen molar-refractivity contribution in [3.05, 3.63) is 59.2 Å². The van der Waals surface area contributed by atoms with Crippen molar-refractivity contribution < 1.29 is 0 Å². The molecule has 3 nitrogen and oxygen atoms in total. The van der Waals surface area contributed by atoms with E-state index >= 15 is 0 Å². The number of rotatable bonds is 3. The van der Waals surface area contributed by atoms with Gasteiger partial charge in [-0.15, -0.1) is 0 Å². The first-order valence-electron chi connectivity index (χ1n) is 8.04. The lowest BCUT2D eigenvalue weighted by Gasteiger charge is -2.32. The number of hydrogen-bond acceptors (Lipinski definition) is 3. The molecule has 0 aromatic heterocycles. The van der Waals surface area contributed by atoms with Crippen molar-refractivity contribution in [3.63, 3.8) is 0 Å². The van der Waals surface area contributed by atoms with Crippen LogP contribution in [0, 0.1) is 6.92 Å². The molecule has 2 aromatic carbocycles. The number of likely N-dealkylation sites (tertiary alicyclic amines) is 1. The van der Waals surface area contributed by atoms with Gasteiger partial charge in [-0.25, -0.2) is 0 Å². The molecule has 0 amide bonds. The highest BCUT2D eigenvalue weighted by Crippen LogP contribution is 2.29. The molecule has 2 aromatic rings. The maximum absolute atomic E-state index is 6.01. The summed E-state index contributed by atoms with van der Waals surface area (Å²) in [4.78, 5) is 2.53. The largest absolute Gasteiger partial charge is 0.399 e. The number of nitrogens with zero attached hydrogens (tertiary/aromatic N) is 1. The summed E-state index contributed by atoms with van der Waals surface area (Å²) in [5, 5.41) is 0. The molecule has 1 aliphatic rings. The predicted molar refractivity (Wildman–Crippen MR) is 93.7 cm³/mol. The zero-order valence-corrected chi connectivity index (χ0v) is 13.3. The lowest BCUT2D eigenvalue weighted by Crippen LogP contribution is -2.32. The monoisotopic (exact) mass is 295 g/mol. The van der Waals surface area contributed by atoms with Crippen LogP contribution in [0.2, 0.25) is 0 Å². The summed E-state index contributed by atoms with van der Waals surface area (Å²) in [5.74, 6) is 0.667. The van der Waals surface area contributed by atoms with Crippen LogP contribution in [0.15, 0.2) is 42.5 Å². The van der Waals surface area contributed by atoms with E-state index in [1.807, 2.05) is 12.1 Å². The molecule has 0 radical (unpaired) electrons. The van der Waals surface area contributed by atoms with Gasteiger partial charge in [0.25, 0.3) is 0 Å². The Morgan fingerprint density at radius 3 is 2.32 bits per heavy atom. The molecule has 3 heteroatoms. The van der Waals surface area contributed by atoms with Gasteiger partial charge in [-0.05, 0) is 73.7 Å². The van der Waals surface area contributed by atoms with Crippen LogP contribution in [-0.4, -0.2) is 18.0 Å². The fraction of sp³-hybridized carbons (Fsp3) is 0.368. The van der Waals surface area contributed by atoms with Crippen molar-refractivity contribution in [3.8, 4) is 0 Å². The molecule has 1 saturated heterocycles. The van der Waals surface area contributed by atoms with Gasteiger partial charge >= 0.3 is 0 Å². The molecule has 4 N–H and O–H groups in total. The van der Waals surface area contributed by atoms with E-state index in [1.54, 1.807) is 0 Å². The first kappa shape index (κ1) is 14.9. The van der Waals surface area contributed by atoms with Gasteiger partial charge in [0, 0.05) is 17.9 Å². The van der Waals surface area contributed by atoms with Crippen molar-refractivity contribution in [1.82, 2.24) is 4.90 Å². The van der Waals surface area contributed by atoms with Crippen LogP contribution in [0.25, 0.3) is 0 Å².